The van der Waals surface area contributed by atoms with Gasteiger partial charge in [-0.3, -0.25) is 4.79 Å². The molecule has 5 heteroatoms. The van der Waals surface area contributed by atoms with Crippen LogP contribution in [0, 0.1) is 5.82 Å². The molecule has 2 N–H and O–H groups in total. The van der Waals surface area contributed by atoms with E-state index in [0.29, 0.717) is 11.4 Å². The molecule has 0 unspecified atom stereocenters. The molecule has 19 heavy (non-hydrogen) atoms. The maximum absolute atomic E-state index is 13.1. The molecular weight excluding hydrogens is 265 g/mol. The highest BCUT2D eigenvalue weighted by Gasteiger charge is 2.09. The lowest BCUT2D eigenvalue weighted by atomic mass is 10.2. The first-order chi connectivity index (χ1) is 9.20. The van der Waals surface area contributed by atoms with Crippen LogP contribution >= 0.6 is 11.3 Å². The van der Waals surface area contributed by atoms with Crippen LogP contribution in [0.3, 0.4) is 0 Å². The van der Waals surface area contributed by atoms with Gasteiger partial charge < -0.3 is 10.4 Å². The number of carbonyl (C=O) groups excluding carboxylic acids is 1. The lowest BCUT2D eigenvalue weighted by molar-refractivity contribution is 0.0957. The van der Waals surface area contributed by atoms with Gasteiger partial charge in [0.25, 0.3) is 5.91 Å². The second-order valence-corrected chi connectivity index (χ2v) is 5.42. The fourth-order valence-corrected chi connectivity index (χ4v) is 2.82. The second-order valence-electron chi connectivity index (χ2n) is 4.33. The molecule has 1 aromatic carbocycles. The minimum absolute atomic E-state index is 0.120. The number of carbonyl (C=O) groups is 1. The summed E-state index contributed by atoms with van der Waals surface area (Å²) in [6.45, 7) is 0.789. The van der Waals surface area contributed by atoms with E-state index < -0.39 is 0 Å². The smallest absolute Gasteiger partial charge is 0.261 e. The Morgan fingerprint density at radius 2 is 2.11 bits per heavy atom. The van der Waals surface area contributed by atoms with Crippen molar-refractivity contribution >= 4 is 27.3 Å². The summed E-state index contributed by atoms with van der Waals surface area (Å²) in [5.41, 5.74) is 0. The molecule has 2 aromatic rings. The quantitative estimate of drug-likeness (QED) is 0.800. The molecule has 1 aromatic heterocycles. The SMILES string of the molecule is O=C(NCCCCCO)c1cc2ccc(F)cc2s1. The third kappa shape index (κ3) is 3.75. The number of benzene rings is 1. The van der Waals surface area contributed by atoms with Crippen LogP contribution in [0.25, 0.3) is 10.1 Å². The van der Waals surface area contributed by atoms with Crippen LogP contribution in [0.2, 0.25) is 0 Å². The van der Waals surface area contributed by atoms with Gasteiger partial charge in [-0.1, -0.05) is 6.07 Å². The maximum Gasteiger partial charge on any atom is 0.261 e. The summed E-state index contributed by atoms with van der Waals surface area (Å²) < 4.78 is 13.8. The Hall–Kier alpha value is -1.46. The minimum Gasteiger partial charge on any atom is -0.396 e. The minimum atomic E-state index is -0.287. The second kappa shape index (κ2) is 6.63. The van der Waals surface area contributed by atoms with Crippen molar-refractivity contribution in [1.29, 1.82) is 0 Å². The van der Waals surface area contributed by atoms with Crippen LogP contribution in [-0.4, -0.2) is 24.2 Å². The summed E-state index contributed by atoms with van der Waals surface area (Å²) in [5.74, 6) is -0.407. The third-order valence-electron chi connectivity index (χ3n) is 2.83. The highest BCUT2D eigenvalue weighted by molar-refractivity contribution is 7.20. The van der Waals surface area contributed by atoms with Gasteiger partial charge in [-0.25, -0.2) is 4.39 Å². The van der Waals surface area contributed by atoms with Crippen molar-refractivity contribution in [2.75, 3.05) is 13.2 Å². The normalized spacial score (nSPS) is 10.8. The molecule has 0 aliphatic heterocycles. The molecule has 0 aliphatic carbocycles. The number of nitrogens with one attached hydrogen (secondary N) is 1. The Balaban J connectivity index is 1.94. The molecule has 0 aliphatic rings. The van der Waals surface area contributed by atoms with Gasteiger partial charge in [0.1, 0.15) is 5.82 Å². The highest BCUT2D eigenvalue weighted by atomic mass is 32.1. The van der Waals surface area contributed by atoms with E-state index in [1.807, 2.05) is 0 Å². The summed E-state index contributed by atoms with van der Waals surface area (Å²) in [7, 11) is 0. The number of rotatable bonds is 6. The zero-order valence-electron chi connectivity index (χ0n) is 10.5. The van der Waals surface area contributed by atoms with E-state index in [4.69, 9.17) is 5.11 Å². The van der Waals surface area contributed by atoms with E-state index in [0.717, 1.165) is 29.3 Å². The van der Waals surface area contributed by atoms with Gasteiger partial charge in [-0.15, -0.1) is 11.3 Å². The predicted octanol–water partition coefficient (Wildman–Crippen LogP) is 2.93. The zero-order valence-corrected chi connectivity index (χ0v) is 11.3. The van der Waals surface area contributed by atoms with Gasteiger partial charge in [0, 0.05) is 17.9 Å². The molecule has 0 fully saturated rings. The number of thiophene rings is 1. The van der Waals surface area contributed by atoms with Gasteiger partial charge in [0.05, 0.1) is 4.88 Å². The van der Waals surface area contributed by atoms with Crippen molar-refractivity contribution < 1.29 is 14.3 Å². The van der Waals surface area contributed by atoms with Gasteiger partial charge in [-0.2, -0.15) is 0 Å². The van der Waals surface area contributed by atoms with Crippen molar-refractivity contribution in [3.8, 4) is 0 Å². The van der Waals surface area contributed by atoms with Crippen LogP contribution in [0.5, 0.6) is 0 Å². The number of hydrogen-bond donors (Lipinski definition) is 2. The van der Waals surface area contributed by atoms with E-state index >= 15 is 0 Å². The van der Waals surface area contributed by atoms with Gasteiger partial charge in [0.2, 0.25) is 0 Å². The molecule has 0 saturated heterocycles. The Morgan fingerprint density at radius 3 is 2.89 bits per heavy atom. The fourth-order valence-electron chi connectivity index (χ4n) is 1.82. The number of fused-ring (bicyclic) bond motifs is 1. The molecule has 1 amide bonds. The van der Waals surface area contributed by atoms with E-state index in [-0.39, 0.29) is 18.3 Å². The summed E-state index contributed by atoms with van der Waals surface area (Å²) in [4.78, 5) is 12.5. The number of amides is 1. The summed E-state index contributed by atoms with van der Waals surface area (Å²) in [6, 6.07) is 6.30. The molecule has 0 atom stereocenters. The Morgan fingerprint density at radius 1 is 1.26 bits per heavy atom. The van der Waals surface area contributed by atoms with Crippen molar-refractivity contribution in [3.63, 3.8) is 0 Å². The van der Waals surface area contributed by atoms with Gasteiger partial charge in [0.15, 0.2) is 0 Å². The topological polar surface area (TPSA) is 49.3 Å². The van der Waals surface area contributed by atoms with Gasteiger partial charge >= 0.3 is 0 Å². The molecule has 1 heterocycles. The van der Waals surface area contributed by atoms with Crippen molar-refractivity contribution in [1.82, 2.24) is 5.32 Å². The van der Waals surface area contributed by atoms with Crippen molar-refractivity contribution in [2.45, 2.75) is 19.3 Å². The Kier molecular flexibility index (Phi) is 4.87. The first-order valence-corrected chi connectivity index (χ1v) is 7.10. The predicted molar refractivity (Wildman–Crippen MR) is 75.1 cm³/mol. The molecule has 2 rings (SSSR count). The van der Waals surface area contributed by atoms with E-state index in [1.54, 1.807) is 12.1 Å². The lowest BCUT2D eigenvalue weighted by Crippen LogP contribution is -2.23. The average Bonchev–Trinajstić information content (AvgIpc) is 2.81. The molecule has 0 saturated carbocycles. The molecule has 0 radical (unpaired) electrons. The average molecular weight is 281 g/mol. The number of aliphatic hydroxyl groups excluding tert-OH is 1. The Bertz CT molecular complexity index is 568. The van der Waals surface area contributed by atoms with Crippen LogP contribution < -0.4 is 5.32 Å². The number of unbranched alkanes of at least 4 members (excludes halogenated alkanes) is 2. The first kappa shape index (κ1) is 14.0. The van der Waals surface area contributed by atoms with E-state index in [9.17, 15) is 9.18 Å². The molecular formula is C14H16FNO2S. The fraction of sp³-hybridized carbons (Fsp3) is 0.357. The largest absolute Gasteiger partial charge is 0.396 e. The summed E-state index contributed by atoms with van der Waals surface area (Å²) in [5, 5.41) is 12.4. The maximum atomic E-state index is 13.1. The van der Waals surface area contributed by atoms with Crippen LogP contribution in [0.4, 0.5) is 4.39 Å². The standard InChI is InChI=1S/C14H16FNO2S/c15-11-5-4-10-8-13(19-12(10)9-11)14(18)16-6-2-1-3-7-17/h4-5,8-9,17H,1-3,6-7H2,(H,16,18). The van der Waals surface area contributed by atoms with Crippen LogP contribution in [0.15, 0.2) is 24.3 Å². The van der Waals surface area contributed by atoms with Crippen LogP contribution in [-0.2, 0) is 0 Å². The molecule has 102 valence electrons. The summed E-state index contributed by atoms with van der Waals surface area (Å²) >= 11 is 1.30. The molecule has 3 nitrogen and oxygen atoms in total. The van der Waals surface area contributed by atoms with Gasteiger partial charge in [-0.05, 0) is 42.8 Å². The highest BCUT2D eigenvalue weighted by Crippen LogP contribution is 2.26. The number of aliphatic hydroxyl groups is 1. The van der Waals surface area contributed by atoms with E-state index in [2.05, 4.69) is 5.32 Å². The zero-order chi connectivity index (χ0) is 13.7. The number of hydrogen-bond acceptors (Lipinski definition) is 3. The summed E-state index contributed by atoms with van der Waals surface area (Å²) in [6.07, 6.45) is 2.51. The lowest BCUT2D eigenvalue weighted by Gasteiger charge is -2.02. The van der Waals surface area contributed by atoms with Crippen molar-refractivity contribution in [2.24, 2.45) is 0 Å². The van der Waals surface area contributed by atoms with E-state index in [1.165, 1.54) is 23.5 Å². The third-order valence-corrected chi connectivity index (χ3v) is 3.92. The first-order valence-electron chi connectivity index (χ1n) is 6.29. The monoisotopic (exact) mass is 281 g/mol. The molecule has 0 spiro atoms. The van der Waals surface area contributed by atoms with Crippen LogP contribution in [0.1, 0.15) is 28.9 Å². The number of halogens is 1. The molecule has 0 bridgehead atoms. The Labute approximate surface area is 115 Å². The van der Waals surface area contributed by atoms with Crippen molar-refractivity contribution in [3.05, 3.63) is 35.0 Å².